The van der Waals surface area contributed by atoms with Crippen LogP contribution in [0.1, 0.15) is 19.4 Å². The Morgan fingerprint density at radius 3 is 1.77 bits per heavy atom. The Labute approximate surface area is 238 Å². The molecule has 0 amide bonds. The summed E-state index contributed by atoms with van der Waals surface area (Å²) < 4.78 is 107. The molecule has 0 radical (unpaired) electrons. The molecule has 0 aromatic carbocycles. The normalized spacial score (nSPS) is 19.9. The number of alkyl halides is 9. The molecule has 11 nitrogen and oxygen atoms in total. The Balaban J connectivity index is 0.000000690. The Morgan fingerprint density at radius 2 is 1.37 bits per heavy atom. The molecule has 1 atom stereocenters. The lowest BCUT2D eigenvalue weighted by Gasteiger charge is -2.44. The summed E-state index contributed by atoms with van der Waals surface area (Å²) in [5.74, 6) is -8.27. The van der Waals surface area contributed by atoms with Gasteiger partial charge < -0.3 is 24.8 Å². The summed E-state index contributed by atoms with van der Waals surface area (Å²) in [6, 6.07) is 4.66. The average molecular weight is 647 g/mol. The van der Waals surface area contributed by atoms with Crippen molar-refractivity contribution in [2.24, 2.45) is 0 Å². The molecule has 0 bridgehead atoms. The minimum atomic E-state index is -5.08. The molecule has 2 fully saturated rings. The summed E-state index contributed by atoms with van der Waals surface area (Å²) in [7, 11) is 0. The average Bonchev–Trinajstić information content (AvgIpc) is 3.06. The van der Waals surface area contributed by atoms with E-state index in [1.54, 1.807) is 0 Å². The second-order valence-electron chi connectivity index (χ2n) is 9.13. The number of morpholine rings is 1. The maximum absolute atomic E-state index is 10.6. The van der Waals surface area contributed by atoms with Crippen molar-refractivity contribution < 1.29 is 78.7 Å². The van der Waals surface area contributed by atoms with Crippen LogP contribution in [0.3, 0.4) is 0 Å². The van der Waals surface area contributed by atoms with Gasteiger partial charge in [-0.2, -0.15) is 39.5 Å². The van der Waals surface area contributed by atoms with Gasteiger partial charge in [-0.05, 0) is 25.5 Å². The van der Waals surface area contributed by atoms with Crippen LogP contribution in [-0.2, 0) is 30.4 Å². The number of carboxylic acid groups (broad SMARTS) is 3. The van der Waals surface area contributed by atoms with Crippen LogP contribution >= 0.6 is 0 Å². The third-order valence-corrected chi connectivity index (χ3v) is 5.29. The summed E-state index contributed by atoms with van der Waals surface area (Å²) in [6.07, 6.45) is -11.5. The van der Waals surface area contributed by atoms with Crippen LogP contribution in [0, 0.1) is 0 Å². The third-order valence-electron chi connectivity index (χ3n) is 5.29. The topological polar surface area (TPSA) is 150 Å². The van der Waals surface area contributed by atoms with Crippen LogP contribution in [-0.4, -0.2) is 124 Å². The summed E-state index contributed by atoms with van der Waals surface area (Å²) in [4.78, 5) is 35.8. The predicted molar refractivity (Wildman–Crippen MR) is 127 cm³/mol. The Kier molecular flexibility index (Phi) is 15.9. The number of nitrogens with zero attached hydrogens (tertiary/aromatic N) is 3. The van der Waals surface area contributed by atoms with E-state index in [1.807, 2.05) is 18.5 Å². The summed E-state index contributed by atoms with van der Waals surface area (Å²) in [6.45, 7) is 11.5. The molecule has 1 spiro atoms. The van der Waals surface area contributed by atoms with Crippen LogP contribution < -0.4 is 0 Å². The fourth-order valence-electron chi connectivity index (χ4n) is 3.37. The number of aliphatic carboxylic acids is 3. The molecule has 3 heterocycles. The highest BCUT2D eigenvalue weighted by molar-refractivity contribution is 5.73. The Bertz CT molecular complexity index is 951. The van der Waals surface area contributed by atoms with E-state index in [1.165, 1.54) is 5.56 Å². The maximum atomic E-state index is 10.6. The predicted octanol–water partition coefficient (Wildman–Crippen LogP) is 3.29. The number of hydrogen-bond donors (Lipinski definition) is 3. The first kappa shape index (κ1) is 39.8. The third kappa shape index (κ3) is 16.9. The second-order valence-corrected chi connectivity index (χ2v) is 9.13. The van der Waals surface area contributed by atoms with Gasteiger partial charge in [0.1, 0.15) is 5.60 Å². The van der Waals surface area contributed by atoms with Crippen molar-refractivity contribution >= 4 is 17.9 Å². The number of halogens is 9. The van der Waals surface area contributed by atoms with Crippen LogP contribution in [0.4, 0.5) is 39.5 Å². The van der Waals surface area contributed by atoms with Gasteiger partial charge in [-0.1, -0.05) is 6.07 Å². The molecule has 43 heavy (non-hydrogen) atoms. The molecule has 0 saturated carbocycles. The van der Waals surface area contributed by atoms with Crippen LogP contribution in [0.2, 0.25) is 0 Å². The minimum absolute atomic E-state index is 0.193. The fraction of sp³-hybridized carbons (Fsp3) is 0.652. The van der Waals surface area contributed by atoms with Gasteiger partial charge in [-0.3, -0.25) is 14.8 Å². The van der Waals surface area contributed by atoms with Gasteiger partial charge in [-0.25, -0.2) is 14.4 Å². The van der Waals surface area contributed by atoms with Crippen molar-refractivity contribution in [3.63, 3.8) is 0 Å². The van der Waals surface area contributed by atoms with E-state index < -0.39 is 36.4 Å². The number of aromatic nitrogens is 1. The quantitative estimate of drug-likeness (QED) is 0.415. The molecule has 20 heteroatoms. The van der Waals surface area contributed by atoms with Crippen LogP contribution in [0.25, 0.3) is 0 Å². The largest absolute Gasteiger partial charge is 0.490 e. The van der Waals surface area contributed by atoms with Crippen molar-refractivity contribution in [3.8, 4) is 0 Å². The highest BCUT2D eigenvalue weighted by atomic mass is 19.4. The Hall–Kier alpha value is -3.23. The lowest BCUT2D eigenvalue weighted by atomic mass is 10.0. The van der Waals surface area contributed by atoms with E-state index in [-0.39, 0.29) is 5.60 Å². The summed E-state index contributed by atoms with van der Waals surface area (Å²) in [5.41, 5.74) is 1.07. The van der Waals surface area contributed by atoms with Crippen molar-refractivity contribution in [3.05, 3.63) is 30.1 Å². The van der Waals surface area contributed by atoms with E-state index in [4.69, 9.17) is 39.2 Å². The van der Waals surface area contributed by atoms with E-state index in [2.05, 4.69) is 34.7 Å². The Morgan fingerprint density at radius 1 is 0.884 bits per heavy atom. The lowest BCUT2D eigenvalue weighted by molar-refractivity contribution is -0.193. The van der Waals surface area contributed by atoms with Gasteiger partial charge in [-0.15, -0.1) is 0 Å². The van der Waals surface area contributed by atoms with Gasteiger partial charge in [0.2, 0.25) is 0 Å². The van der Waals surface area contributed by atoms with E-state index in [9.17, 15) is 39.5 Å². The molecule has 248 valence electrons. The zero-order valence-corrected chi connectivity index (χ0v) is 22.7. The van der Waals surface area contributed by atoms with Gasteiger partial charge in [0.15, 0.2) is 0 Å². The molecular weight excluding hydrogens is 617 g/mol. The van der Waals surface area contributed by atoms with E-state index in [0.29, 0.717) is 12.6 Å². The highest BCUT2D eigenvalue weighted by Crippen LogP contribution is 2.24. The van der Waals surface area contributed by atoms with Gasteiger partial charge in [0.25, 0.3) is 0 Å². The first-order valence-electron chi connectivity index (χ1n) is 12.0. The molecule has 1 unspecified atom stereocenters. The number of rotatable bonds is 3. The monoisotopic (exact) mass is 647 g/mol. The maximum Gasteiger partial charge on any atom is 0.490 e. The molecule has 2 aliphatic rings. The zero-order chi connectivity index (χ0) is 33.6. The highest BCUT2D eigenvalue weighted by Gasteiger charge is 2.41. The summed E-state index contributed by atoms with van der Waals surface area (Å²) in [5, 5.41) is 21.4. The second kappa shape index (κ2) is 17.2. The number of ether oxygens (including phenoxy) is 2. The SMILES string of the molecule is CC(C)N1CCOCC2(CN(Cc3cccnc3)CCO2)C1.O=C(O)C(F)(F)F.O=C(O)C(F)(F)F.O=C(O)C(F)(F)F. The van der Waals surface area contributed by atoms with Crippen LogP contribution in [0.5, 0.6) is 0 Å². The number of carbonyl (C=O) groups is 3. The van der Waals surface area contributed by atoms with E-state index >= 15 is 0 Å². The number of carboxylic acids is 3. The van der Waals surface area contributed by atoms with Gasteiger partial charge in [0.05, 0.1) is 19.8 Å². The standard InChI is InChI=1S/C17H27N3O2.3C2HF3O2/c1-15(2)20-7-8-21-14-17(13-20)12-19(6-9-22-17)11-16-4-3-5-18-10-16;3*3-2(4,5)1(6)7/h3-5,10,15H,6-9,11-14H2,1-2H3;3*(H,6,7). The van der Waals surface area contributed by atoms with E-state index in [0.717, 1.165) is 45.9 Å². The van der Waals surface area contributed by atoms with Crippen molar-refractivity contribution in [1.82, 2.24) is 14.8 Å². The molecular formula is C23H30F9N3O8. The van der Waals surface area contributed by atoms with Crippen molar-refractivity contribution in [1.29, 1.82) is 0 Å². The zero-order valence-electron chi connectivity index (χ0n) is 22.7. The molecule has 2 aliphatic heterocycles. The first-order valence-corrected chi connectivity index (χ1v) is 12.0. The lowest BCUT2D eigenvalue weighted by Crippen LogP contribution is -2.59. The number of pyridine rings is 1. The molecule has 2 saturated heterocycles. The van der Waals surface area contributed by atoms with Gasteiger partial charge >= 0.3 is 36.4 Å². The summed E-state index contributed by atoms with van der Waals surface area (Å²) >= 11 is 0. The van der Waals surface area contributed by atoms with Gasteiger partial charge in [0, 0.05) is 51.2 Å². The fourth-order valence-corrected chi connectivity index (χ4v) is 3.37. The first-order chi connectivity index (χ1) is 19.5. The van der Waals surface area contributed by atoms with Crippen molar-refractivity contribution in [2.75, 3.05) is 46.0 Å². The molecule has 0 aliphatic carbocycles. The molecule has 3 N–H and O–H groups in total. The molecule has 3 rings (SSSR count). The number of hydrogen-bond acceptors (Lipinski definition) is 8. The van der Waals surface area contributed by atoms with Crippen molar-refractivity contribution in [2.45, 2.75) is 50.6 Å². The molecule has 1 aromatic rings. The smallest absolute Gasteiger partial charge is 0.475 e. The van der Waals surface area contributed by atoms with Crippen LogP contribution in [0.15, 0.2) is 24.5 Å². The molecule has 1 aromatic heterocycles. The minimum Gasteiger partial charge on any atom is -0.475 e.